The van der Waals surface area contributed by atoms with E-state index in [1.54, 1.807) is 0 Å². The Hall–Kier alpha value is -2.62. The molecule has 0 fully saturated rings. The maximum absolute atomic E-state index is 12.7. The highest BCUT2D eigenvalue weighted by atomic mass is 32.2. The van der Waals surface area contributed by atoms with E-state index < -0.39 is 30.2 Å². The van der Waals surface area contributed by atoms with Crippen LogP contribution in [0.25, 0.3) is 0 Å². The van der Waals surface area contributed by atoms with Crippen LogP contribution in [0.3, 0.4) is 0 Å². The molecule has 10 heteroatoms. The average Bonchev–Trinajstić information content (AvgIpc) is 2.53. The molecular formula is C14H16FN3O5S. The maximum Gasteiger partial charge on any atom is 0.316 e. The monoisotopic (exact) mass is 357 g/mol. The Morgan fingerprint density at radius 3 is 2.33 bits per heavy atom. The van der Waals surface area contributed by atoms with E-state index in [1.807, 2.05) is 10.9 Å². The van der Waals surface area contributed by atoms with E-state index in [-0.39, 0.29) is 17.4 Å². The Morgan fingerprint density at radius 2 is 1.71 bits per heavy atom. The molecular weight excluding hydrogens is 341 g/mol. The van der Waals surface area contributed by atoms with E-state index in [2.05, 4.69) is 10.1 Å². The van der Waals surface area contributed by atoms with Gasteiger partial charge in [0.1, 0.15) is 5.82 Å². The summed E-state index contributed by atoms with van der Waals surface area (Å²) >= 11 is 1.000. The second-order valence-electron chi connectivity index (χ2n) is 4.44. The highest BCUT2D eigenvalue weighted by Crippen LogP contribution is 2.09. The Morgan fingerprint density at radius 1 is 1.04 bits per heavy atom. The Bertz CT molecular complexity index is 609. The van der Waals surface area contributed by atoms with Gasteiger partial charge in [-0.25, -0.2) is 4.39 Å². The number of esters is 1. The van der Waals surface area contributed by atoms with Crippen LogP contribution in [0.15, 0.2) is 24.3 Å². The number of hydrazine groups is 1. The van der Waals surface area contributed by atoms with Crippen molar-refractivity contribution in [3.05, 3.63) is 30.1 Å². The van der Waals surface area contributed by atoms with Crippen molar-refractivity contribution in [2.75, 3.05) is 23.4 Å². The number of carbonyl (C=O) groups is 4. The molecule has 24 heavy (non-hydrogen) atoms. The third-order valence-electron chi connectivity index (χ3n) is 2.32. The fraction of sp³-hybridized carbons (Fsp3) is 0.286. The van der Waals surface area contributed by atoms with Crippen LogP contribution in [0.4, 0.5) is 10.1 Å². The molecule has 130 valence electrons. The zero-order chi connectivity index (χ0) is 17.9. The van der Waals surface area contributed by atoms with Crippen LogP contribution in [0.1, 0.15) is 6.92 Å². The van der Waals surface area contributed by atoms with Gasteiger partial charge in [-0.05, 0) is 24.3 Å². The van der Waals surface area contributed by atoms with Crippen LogP contribution in [-0.2, 0) is 23.9 Å². The smallest absolute Gasteiger partial charge is 0.316 e. The molecule has 0 aliphatic carbocycles. The second-order valence-corrected chi connectivity index (χ2v) is 5.42. The number of halogens is 1. The summed E-state index contributed by atoms with van der Waals surface area (Å²) in [7, 11) is 0. The molecule has 0 aliphatic rings. The SMILES string of the molecule is CC(=O)NNC(=O)COC(=O)CSCC(=O)Nc1ccc(F)cc1. The summed E-state index contributed by atoms with van der Waals surface area (Å²) in [5, 5.41) is 2.54. The van der Waals surface area contributed by atoms with Gasteiger partial charge in [-0.3, -0.25) is 30.0 Å². The lowest BCUT2D eigenvalue weighted by molar-refractivity contribution is -0.146. The van der Waals surface area contributed by atoms with Crippen LogP contribution < -0.4 is 16.2 Å². The first-order valence-corrected chi connectivity index (χ1v) is 7.86. The predicted octanol–water partition coefficient (Wildman–Crippen LogP) is 0.208. The van der Waals surface area contributed by atoms with Crippen molar-refractivity contribution in [1.29, 1.82) is 0 Å². The Kier molecular flexibility index (Phi) is 8.26. The van der Waals surface area contributed by atoms with Gasteiger partial charge < -0.3 is 10.1 Å². The van der Waals surface area contributed by atoms with Crippen molar-refractivity contribution in [3.63, 3.8) is 0 Å². The zero-order valence-electron chi connectivity index (χ0n) is 12.8. The molecule has 3 N–H and O–H groups in total. The molecule has 0 radical (unpaired) electrons. The van der Waals surface area contributed by atoms with Gasteiger partial charge in [0.15, 0.2) is 6.61 Å². The number of nitrogens with one attached hydrogen (secondary N) is 3. The molecule has 0 saturated carbocycles. The number of amides is 3. The Balaban J connectivity index is 2.16. The fourth-order valence-electron chi connectivity index (χ4n) is 1.34. The number of hydrogen-bond acceptors (Lipinski definition) is 6. The van der Waals surface area contributed by atoms with Crippen LogP contribution in [0, 0.1) is 5.82 Å². The van der Waals surface area contributed by atoms with Gasteiger partial charge in [0.2, 0.25) is 11.8 Å². The lowest BCUT2D eigenvalue weighted by atomic mass is 10.3. The predicted molar refractivity (Wildman–Crippen MR) is 85.3 cm³/mol. The average molecular weight is 357 g/mol. The fourth-order valence-corrected chi connectivity index (χ4v) is 1.95. The molecule has 0 aromatic heterocycles. The Labute approximate surface area is 141 Å². The minimum atomic E-state index is -0.683. The summed E-state index contributed by atoms with van der Waals surface area (Å²) in [6, 6.07) is 5.26. The lowest BCUT2D eigenvalue weighted by Crippen LogP contribution is -2.42. The van der Waals surface area contributed by atoms with Gasteiger partial charge in [0, 0.05) is 12.6 Å². The zero-order valence-corrected chi connectivity index (χ0v) is 13.6. The number of hydrogen-bond donors (Lipinski definition) is 3. The number of thioether (sulfide) groups is 1. The lowest BCUT2D eigenvalue weighted by Gasteiger charge is -2.07. The van der Waals surface area contributed by atoms with E-state index in [1.165, 1.54) is 31.2 Å². The summed E-state index contributed by atoms with van der Waals surface area (Å²) in [4.78, 5) is 44.7. The number of carbonyl (C=O) groups excluding carboxylic acids is 4. The topological polar surface area (TPSA) is 114 Å². The standard InChI is InChI=1S/C14H16FN3O5S/c1-9(19)17-18-12(20)6-23-14(22)8-24-7-13(21)16-11-4-2-10(15)3-5-11/h2-5H,6-8H2,1H3,(H,16,21)(H,17,19)(H,18,20). The van der Waals surface area contributed by atoms with Crippen molar-refractivity contribution in [3.8, 4) is 0 Å². The van der Waals surface area contributed by atoms with Crippen LogP contribution in [-0.4, -0.2) is 41.8 Å². The number of ether oxygens (including phenoxy) is 1. The van der Waals surface area contributed by atoms with Crippen molar-refractivity contribution < 1.29 is 28.3 Å². The molecule has 1 rings (SSSR count). The molecule has 0 spiro atoms. The summed E-state index contributed by atoms with van der Waals surface area (Å²) in [5.41, 5.74) is 4.52. The molecule has 0 aliphatic heterocycles. The third-order valence-corrected chi connectivity index (χ3v) is 3.23. The van der Waals surface area contributed by atoms with E-state index >= 15 is 0 Å². The number of rotatable bonds is 7. The minimum Gasteiger partial charge on any atom is -0.455 e. The van der Waals surface area contributed by atoms with Gasteiger partial charge in [0.25, 0.3) is 5.91 Å². The molecule has 8 nitrogen and oxygen atoms in total. The summed E-state index contributed by atoms with van der Waals surface area (Å²) in [6.07, 6.45) is 0. The first-order chi connectivity index (χ1) is 11.4. The number of anilines is 1. The highest BCUT2D eigenvalue weighted by molar-refractivity contribution is 8.00. The minimum absolute atomic E-state index is 0.00936. The summed E-state index contributed by atoms with van der Waals surface area (Å²) < 4.78 is 17.4. The summed E-state index contributed by atoms with van der Waals surface area (Å²) in [5.74, 6) is -2.72. The first kappa shape index (κ1) is 19.4. The van der Waals surface area contributed by atoms with E-state index in [0.717, 1.165) is 11.8 Å². The molecule has 0 bridgehead atoms. The van der Waals surface area contributed by atoms with Crippen LogP contribution >= 0.6 is 11.8 Å². The largest absolute Gasteiger partial charge is 0.455 e. The second kappa shape index (κ2) is 10.2. The van der Waals surface area contributed by atoms with Crippen molar-refractivity contribution in [1.82, 2.24) is 10.9 Å². The van der Waals surface area contributed by atoms with Gasteiger partial charge in [-0.2, -0.15) is 0 Å². The van der Waals surface area contributed by atoms with Gasteiger partial charge in [0.05, 0.1) is 11.5 Å². The summed E-state index contributed by atoms with van der Waals surface area (Å²) in [6.45, 7) is 0.668. The molecule has 3 amide bonds. The van der Waals surface area contributed by atoms with E-state index in [0.29, 0.717) is 5.69 Å². The molecule has 1 aromatic rings. The van der Waals surface area contributed by atoms with E-state index in [9.17, 15) is 23.6 Å². The molecule has 0 saturated heterocycles. The van der Waals surface area contributed by atoms with Gasteiger partial charge in [-0.15, -0.1) is 11.8 Å². The quantitative estimate of drug-likeness (QED) is 0.475. The van der Waals surface area contributed by atoms with Gasteiger partial charge in [-0.1, -0.05) is 0 Å². The number of benzene rings is 1. The van der Waals surface area contributed by atoms with Crippen LogP contribution in [0.5, 0.6) is 0 Å². The van der Waals surface area contributed by atoms with Gasteiger partial charge >= 0.3 is 5.97 Å². The normalized spacial score (nSPS) is 9.75. The van der Waals surface area contributed by atoms with Crippen molar-refractivity contribution >= 4 is 41.1 Å². The van der Waals surface area contributed by atoms with Crippen LogP contribution in [0.2, 0.25) is 0 Å². The highest BCUT2D eigenvalue weighted by Gasteiger charge is 2.09. The van der Waals surface area contributed by atoms with Crippen molar-refractivity contribution in [2.45, 2.75) is 6.92 Å². The van der Waals surface area contributed by atoms with Crippen molar-refractivity contribution in [2.24, 2.45) is 0 Å². The maximum atomic E-state index is 12.7. The molecule has 0 atom stereocenters. The molecule has 0 unspecified atom stereocenters. The third kappa shape index (κ3) is 8.73. The molecule has 1 aromatic carbocycles. The molecule has 0 heterocycles. The first-order valence-electron chi connectivity index (χ1n) is 6.71. The van der Waals surface area contributed by atoms with E-state index in [4.69, 9.17) is 0 Å².